The molecule has 3 rings (SSSR count). The highest BCUT2D eigenvalue weighted by atomic mass is 16.5. The highest BCUT2D eigenvalue weighted by molar-refractivity contribution is 5.94. The van der Waals surface area contributed by atoms with Crippen LogP contribution in [-0.2, 0) is 11.3 Å². The number of nitrogens with zero attached hydrogens (tertiary/aromatic N) is 2. The van der Waals surface area contributed by atoms with Gasteiger partial charge in [0, 0.05) is 29.5 Å². The summed E-state index contributed by atoms with van der Waals surface area (Å²) in [6.45, 7) is 3.05. The third-order valence-electron chi connectivity index (χ3n) is 3.93. The standard InChI is InChI=1S/C21H23N3O2/c1-4-26-21(25)17-11-16-12-19(9-10-20(16)22-13-17)23-18-7-5-15(6-8-18)14-24(2)3/h5-13,23H,4,14H2,1-3H3. The molecule has 5 nitrogen and oxygen atoms in total. The van der Waals surface area contributed by atoms with Crippen molar-refractivity contribution < 1.29 is 9.53 Å². The summed E-state index contributed by atoms with van der Waals surface area (Å²) in [6, 6.07) is 16.1. The van der Waals surface area contributed by atoms with Crippen LogP contribution in [-0.4, -0.2) is 36.6 Å². The fourth-order valence-electron chi connectivity index (χ4n) is 2.76. The number of carbonyl (C=O) groups excluding carboxylic acids is 1. The molecule has 0 unspecified atom stereocenters. The van der Waals surface area contributed by atoms with Crippen molar-refractivity contribution in [3.63, 3.8) is 0 Å². The zero-order chi connectivity index (χ0) is 18.5. The van der Waals surface area contributed by atoms with E-state index in [1.54, 1.807) is 13.1 Å². The smallest absolute Gasteiger partial charge is 0.339 e. The van der Waals surface area contributed by atoms with Crippen LogP contribution in [0.2, 0.25) is 0 Å². The van der Waals surface area contributed by atoms with Gasteiger partial charge in [0.1, 0.15) is 0 Å². The van der Waals surface area contributed by atoms with E-state index in [0.717, 1.165) is 28.8 Å². The molecule has 0 atom stereocenters. The third-order valence-corrected chi connectivity index (χ3v) is 3.93. The summed E-state index contributed by atoms with van der Waals surface area (Å²) >= 11 is 0. The van der Waals surface area contributed by atoms with Gasteiger partial charge in [0.05, 0.1) is 17.7 Å². The molecule has 0 bridgehead atoms. The number of pyridine rings is 1. The molecule has 0 aliphatic rings. The van der Waals surface area contributed by atoms with Gasteiger partial charge in [-0.25, -0.2) is 4.79 Å². The van der Waals surface area contributed by atoms with E-state index < -0.39 is 0 Å². The zero-order valence-corrected chi connectivity index (χ0v) is 15.3. The van der Waals surface area contributed by atoms with Gasteiger partial charge < -0.3 is 15.0 Å². The second-order valence-corrected chi connectivity index (χ2v) is 6.41. The molecule has 1 N–H and O–H groups in total. The number of aromatic nitrogens is 1. The molecule has 0 aliphatic carbocycles. The quantitative estimate of drug-likeness (QED) is 0.675. The van der Waals surface area contributed by atoms with Crippen LogP contribution in [0, 0.1) is 0 Å². The van der Waals surface area contributed by atoms with Gasteiger partial charge in [0.2, 0.25) is 0 Å². The van der Waals surface area contributed by atoms with Crippen LogP contribution in [0.5, 0.6) is 0 Å². The van der Waals surface area contributed by atoms with E-state index in [4.69, 9.17) is 4.74 Å². The Kier molecular flexibility index (Phi) is 5.49. The van der Waals surface area contributed by atoms with E-state index >= 15 is 0 Å². The molecule has 0 amide bonds. The zero-order valence-electron chi connectivity index (χ0n) is 15.3. The van der Waals surface area contributed by atoms with Gasteiger partial charge in [0.15, 0.2) is 0 Å². The first-order chi connectivity index (χ1) is 12.5. The molecule has 2 aromatic carbocycles. The molecule has 0 saturated heterocycles. The van der Waals surface area contributed by atoms with E-state index in [1.165, 1.54) is 5.56 Å². The first kappa shape index (κ1) is 17.9. The Hall–Kier alpha value is -2.92. The van der Waals surface area contributed by atoms with Crippen molar-refractivity contribution in [2.24, 2.45) is 0 Å². The SMILES string of the molecule is CCOC(=O)c1cnc2ccc(Nc3ccc(CN(C)C)cc3)cc2c1. The summed E-state index contributed by atoms with van der Waals surface area (Å²) in [6.07, 6.45) is 1.55. The topological polar surface area (TPSA) is 54.5 Å². The number of rotatable bonds is 6. The third kappa shape index (κ3) is 4.37. The number of ether oxygens (including phenoxy) is 1. The number of carbonyl (C=O) groups is 1. The summed E-state index contributed by atoms with van der Waals surface area (Å²) in [4.78, 5) is 18.4. The molecule has 0 aliphatic heterocycles. The molecule has 1 heterocycles. The van der Waals surface area contributed by atoms with Crippen LogP contribution in [0.15, 0.2) is 54.7 Å². The second kappa shape index (κ2) is 7.97. The molecular formula is C21H23N3O2. The molecule has 0 spiro atoms. The number of nitrogens with one attached hydrogen (secondary N) is 1. The predicted molar refractivity (Wildman–Crippen MR) is 105 cm³/mol. The van der Waals surface area contributed by atoms with Gasteiger partial charge in [-0.1, -0.05) is 12.1 Å². The van der Waals surface area contributed by atoms with Crippen molar-refractivity contribution in [2.75, 3.05) is 26.0 Å². The molecule has 26 heavy (non-hydrogen) atoms. The Balaban J connectivity index is 1.80. The maximum atomic E-state index is 11.9. The average molecular weight is 349 g/mol. The van der Waals surface area contributed by atoms with Crippen LogP contribution in [0.3, 0.4) is 0 Å². The fourth-order valence-corrected chi connectivity index (χ4v) is 2.76. The molecule has 134 valence electrons. The van der Waals surface area contributed by atoms with Crippen LogP contribution in [0.25, 0.3) is 10.9 Å². The molecular weight excluding hydrogens is 326 g/mol. The molecule has 3 aromatic rings. The fraction of sp³-hybridized carbons (Fsp3) is 0.238. The van der Waals surface area contributed by atoms with Gasteiger partial charge in [0.25, 0.3) is 0 Å². The summed E-state index contributed by atoms with van der Waals surface area (Å²) in [7, 11) is 4.11. The molecule has 1 aromatic heterocycles. The van der Waals surface area contributed by atoms with E-state index in [2.05, 4.69) is 53.6 Å². The lowest BCUT2D eigenvalue weighted by molar-refractivity contribution is 0.0526. The van der Waals surface area contributed by atoms with E-state index in [-0.39, 0.29) is 5.97 Å². The van der Waals surface area contributed by atoms with Crippen molar-refractivity contribution in [1.29, 1.82) is 0 Å². The largest absolute Gasteiger partial charge is 0.462 e. The van der Waals surface area contributed by atoms with Gasteiger partial charge in [-0.2, -0.15) is 0 Å². The maximum absolute atomic E-state index is 11.9. The highest BCUT2D eigenvalue weighted by Gasteiger charge is 2.08. The minimum Gasteiger partial charge on any atom is -0.462 e. The van der Waals surface area contributed by atoms with Crippen molar-refractivity contribution in [3.8, 4) is 0 Å². The molecule has 0 saturated carbocycles. The van der Waals surface area contributed by atoms with Crippen molar-refractivity contribution in [1.82, 2.24) is 9.88 Å². The van der Waals surface area contributed by atoms with Gasteiger partial charge >= 0.3 is 5.97 Å². The van der Waals surface area contributed by atoms with Crippen molar-refractivity contribution in [3.05, 3.63) is 65.9 Å². The van der Waals surface area contributed by atoms with Crippen LogP contribution < -0.4 is 5.32 Å². The lowest BCUT2D eigenvalue weighted by Gasteiger charge is -2.11. The lowest BCUT2D eigenvalue weighted by atomic mass is 10.1. The Morgan fingerprint density at radius 3 is 2.50 bits per heavy atom. The highest BCUT2D eigenvalue weighted by Crippen LogP contribution is 2.23. The van der Waals surface area contributed by atoms with Gasteiger partial charge in [-0.15, -0.1) is 0 Å². The summed E-state index contributed by atoms with van der Waals surface area (Å²) < 4.78 is 5.04. The monoisotopic (exact) mass is 349 g/mol. The Morgan fingerprint density at radius 1 is 1.08 bits per heavy atom. The van der Waals surface area contributed by atoms with Gasteiger partial charge in [-0.05, 0) is 63.0 Å². The normalized spacial score (nSPS) is 10.9. The number of anilines is 2. The first-order valence-corrected chi connectivity index (χ1v) is 8.63. The Labute approximate surface area is 153 Å². The lowest BCUT2D eigenvalue weighted by Crippen LogP contribution is -2.10. The van der Waals surface area contributed by atoms with E-state index in [0.29, 0.717) is 12.2 Å². The van der Waals surface area contributed by atoms with Crippen molar-refractivity contribution >= 4 is 28.2 Å². The minimum absolute atomic E-state index is 0.349. The number of hydrogen-bond donors (Lipinski definition) is 1. The van der Waals surface area contributed by atoms with Crippen LogP contribution in [0.4, 0.5) is 11.4 Å². The summed E-state index contributed by atoms with van der Waals surface area (Å²) in [5.41, 5.74) is 4.53. The Bertz CT molecular complexity index is 905. The minimum atomic E-state index is -0.350. The second-order valence-electron chi connectivity index (χ2n) is 6.41. The number of fused-ring (bicyclic) bond motifs is 1. The summed E-state index contributed by atoms with van der Waals surface area (Å²) in [5.74, 6) is -0.350. The van der Waals surface area contributed by atoms with Gasteiger partial charge in [-0.3, -0.25) is 4.98 Å². The summed E-state index contributed by atoms with van der Waals surface area (Å²) in [5, 5.41) is 4.29. The van der Waals surface area contributed by atoms with E-state index in [9.17, 15) is 4.79 Å². The van der Waals surface area contributed by atoms with E-state index in [1.807, 2.05) is 24.3 Å². The van der Waals surface area contributed by atoms with Crippen molar-refractivity contribution in [2.45, 2.75) is 13.5 Å². The molecule has 0 radical (unpaired) electrons. The number of hydrogen-bond acceptors (Lipinski definition) is 5. The number of esters is 1. The van der Waals surface area contributed by atoms with Crippen LogP contribution in [0.1, 0.15) is 22.8 Å². The number of benzene rings is 2. The Morgan fingerprint density at radius 2 is 1.81 bits per heavy atom. The maximum Gasteiger partial charge on any atom is 0.339 e. The average Bonchev–Trinajstić information content (AvgIpc) is 2.62. The molecule has 5 heteroatoms. The molecule has 0 fully saturated rings. The van der Waals surface area contributed by atoms with Crippen LogP contribution >= 0.6 is 0 Å². The first-order valence-electron chi connectivity index (χ1n) is 8.63. The predicted octanol–water partition coefficient (Wildman–Crippen LogP) is 4.22.